The second-order valence-corrected chi connectivity index (χ2v) is 3.89. The Labute approximate surface area is 94.0 Å². The van der Waals surface area contributed by atoms with Crippen LogP contribution >= 0.6 is 0 Å². The van der Waals surface area contributed by atoms with Crippen LogP contribution < -0.4 is 10.5 Å². The number of carbonyl (C=O) groups is 1. The van der Waals surface area contributed by atoms with E-state index in [4.69, 9.17) is 10.5 Å². The van der Waals surface area contributed by atoms with E-state index in [0.29, 0.717) is 5.56 Å². The zero-order valence-corrected chi connectivity index (χ0v) is 8.98. The summed E-state index contributed by atoms with van der Waals surface area (Å²) in [5, 5.41) is 9.38. The lowest BCUT2D eigenvalue weighted by atomic mass is 9.99. The molecule has 86 valence electrons. The molecule has 0 aromatic heterocycles. The predicted octanol–water partition coefficient (Wildman–Crippen LogP) is 0.514. The first kappa shape index (κ1) is 11.1. The maximum Gasteiger partial charge on any atom is 0.192 e. The minimum absolute atomic E-state index is 0.0492. The number of hydrogen-bond donors (Lipinski definition) is 2. The molecule has 1 atom stereocenters. The maximum absolute atomic E-state index is 11.7. The molecule has 0 fully saturated rings. The molecule has 0 spiro atoms. The van der Waals surface area contributed by atoms with Gasteiger partial charge < -0.3 is 15.6 Å². The van der Waals surface area contributed by atoms with Gasteiger partial charge in [-0.3, -0.25) is 4.79 Å². The zero-order chi connectivity index (χ0) is 11.5. The number of aliphatic hydroxyl groups excluding tert-OH is 1. The average Bonchev–Trinajstić information content (AvgIpc) is 2.36. The number of carbonyl (C=O) groups excluding carboxylic acids is 1. The van der Waals surface area contributed by atoms with Crippen molar-refractivity contribution in [1.82, 2.24) is 0 Å². The number of Topliss-reactive ketones (excluding diaryl/α,β-unsaturated/α-hetero) is 1. The average molecular weight is 221 g/mol. The van der Waals surface area contributed by atoms with Crippen LogP contribution in [0.15, 0.2) is 18.2 Å². The fraction of sp³-hybridized carbons (Fsp3) is 0.417. The number of hydrogen-bond acceptors (Lipinski definition) is 4. The van der Waals surface area contributed by atoms with Crippen LogP contribution in [-0.4, -0.2) is 30.1 Å². The Hall–Kier alpha value is -1.39. The fourth-order valence-electron chi connectivity index (χ4n) is 1.81. The van der Waals surface area contributed by atoms with Gasteiger partial charge in [0.1, 0.15) is 11.9 Å². The highest BCUT2D eigenvalue weighted by Crippen LogP contribution is 2.25. The van der Waals surface area contributed by atoms with Crippen LogP contribution in [0.1, 0.15) is 22.3 Å². The van der Waals surface area contributed by atoms with E-state index in [1.165, 1.54) is 0 Å². The van der Waals surface area contributed by atoms with Crippen molar-refractivity contribution in [3.63, 3.8) is 0 Å². The smallest absolute Gasteiger partial charge is 0.192 e. The lowest BCUT2D eigenvalue weighted by molar-refractivity contribution is 0.0762. The third-order valence-corrected chi connectivity index (χ3v) is 2.72. The minimum atomic E-state index is -1.11. The highest BCUT2D eigenvalue weighted by atomic mass is 16.5. The molecular weight excluding hydrogens is 206 g/mol. The molecule has 0 saturated carbocycles. The number of nitrogens with two attached hydrogens (primary N) is 1. The van der Waals surface area contributed by atoms with Gasteiger partial charge in [0.25, 0.3) is 0 Å². The fourth-order valence-corrected chi connectivity index (χ4v) is 1.81. The SMILES string of the molecule is NCC(O)C(=O)c1ccc2c(c1)CCCO2. The Balaban J connectivity index is 2.26. The normalized spacial score (nSPS) is 16.1. The number of aliphatic hydroxyl groups is 1. The van der Waals surface area contributed by atoms with E-state index >= 15 is 0 Å². The van der Waals surface area contributed by atoms with E-state index < -0.39 is 6.10 Å². The molecule has 0 bridgehead atoms. The molecule has 16 heavy (non-hydrogen) atoms. The Morgan fingerprint density at radius 2 is 2.38 bits per heavy atom. The summed E-state index contributed by atoms with van der Waals surface area (Å²) in [7, 11) is 0. The van der Waals surface area contributed by atoms with Gasteiger partial charge in [-0.1, -0.05) is 0 Å². The van der Waals surface area contributed by atoms with Crippen LogP contribution in [0.2, 0.25) is 0 Å². The van der Waals surface area contributed by atoms with E-state index in [-0.39, 0.29) is 12.3 Å². The standard InChI is InChI=1S/C12H15NO3/c13-7-10(14)12(15)9-3-4-11-8(6-9)2-1-5-16-11/h3-4,6,10,14H,1-2,5,7,13H2. The summed E-state index contributed by atoms with van der Waals surface area (Å²) in [6, 6.07) is 5.24. The van der Waals surface area contributed by atoms with E-state index in [2.05, 4.69) is 0 Å². The Bertz CT molecular complexity index is 403. The maximum atomic E-state index is 11.7. The van der Waals surface area contributed by atoms with Gasteiger partial charge in [-0.2, -0.15) is 0 Å². The largest absolute Gasteiger partial charge is 0.493 e. The van der Waals surface area contributed by atoms with Gasteiger partial charge in [0, 0.05) is 12.1 Å². The molecule has 1 aromatic rings. The minimum Gasteiger partial charge on any atom is -0.493 e. The summed E-state index contributed by atoms with van der Waals surface area (Å²) in [5.41, 5.74) is 6.78. The summed E-state index contributed by atoms with van der Waals surface area (Å²) in [4.78, 5) is 11.7. The molecule has 0 amide bonds. The summed E-state index contributed by atoms with van der Waals surface area (Å²) in [6.07, 6.45) is 0.766. The summed E-state index contributed by atoms with van der Waals surface area (Å²) >= 11 is 0. The van der Waals surface area contributed by atoms with Gasteiger partial charge in [-0.25, -0.2) is 0 Å². The van der Waals surface area contributed by atoms with Crippen LogP contribution in [0.5, 0.6) is 5.75 Å². The van der Waals surface area contributed by atoms with E-state index in [9.17, 15) is 9.90 Å². The van der Waals surface area contributed by atoms with Crippen molar-refractivity contribution in [3.8, 4) is 5.75 Å². The van der Waals surface area contributed by atoms with E-state index in [1.54, 1.807) is 18.2 Å². The molecule has 1 aliphatic rings. The lowest BCUT2D eigenvalue weighted by Crippen LogP contribution is -2.29. The third-order valence-electron chi connectivity index (χ3n) is 2.72. The number of benzene rings is 1. The Morgan fingerprint density at radius 1 is 1.56 bits per heavy atom. The number of aryl methyl sites for hydroxylation is 1. The molecule has 1 aromatic carbocycles. The van der Waals surface area contributed by atoms with Crippen molar-refractivity contribution in [2.75, 3.05) is 13.2 Å². The van der Waals surface area contributed by atoms with Crippen molar-refractivity contribution in [1.29, 1.82) is 0 Å². The van der Waals surface area contributed by atoms with Gasteiger partial charge in [0.05, 0.1) is 6.61 Å². The lowest BCUT2D eigenvalue weighted by Gasteiger charge is -2.18. The molecule has 1 unspecified atom stereocenters. The van der Waals surface area contributed by atoms with Crippen molar-refractivity contribution in [3.05, 3.63) is 29.3 Å². The first-order valence-electron chi connectivity index (χ1n) is 5.40. The molecule has 0 aliphatic carbocycles. The highest BCUT2D eigenvalue weighted by Gasteiger charge is 2.18. The van der Waals surface area contributed by atoms with Crippen molar-refractivity contribution in [2.24, 2.45) is 5.73 Å². The van der Waals surface area contributed by atoms with Crippen molar-refractivity contribution >= 4 is 5.78 Å². The van der Waals surface area contributed by atoms with E-state index in [1.807, 2.05) is 0 Å². The zero-order valence-electron chi connectivity index (χ0n) is 8.98. The summed E-state index contributed by atoms with van der Waals surface area (Å²) in [5.74, 6) is 0.515. The third kappa shape index (κ3) is 2.08. The quantitative estimate of drug-likeness (QED) is 0.730. The Morgan fingerprint density at radius 3 is 3.12 bits per heavy atom. The predicted molar refractivity (Wildman–Crippen MR) is 59.6 cm³/mol. The summed E-state index contributed by atoms with van der Waals surface area (Å²) < 4.78 is 5.45. The van der Waals surface area contributed by atoms with Gasteiger partial charge in [-0.15, -0.1) is 0 Å². The van der Waals surface area contributed by atoms with Gasteiger partial charge >= 0.3 is 0 Å². The van der Waals surface area contributed by atoms with Crippen molar-refractivity contribution < 1.29 is 14.6 Å². The number of ketones is 1. The monoisotopic (exact) mass is 221 g/mol. The van der Waals surface area contributed by atoms with Gasteiger partial charge in [0.2, 0.25) is 0 Å². The molecule has 1 aliphatic heterocycles. The van der Waals surface area contributed by atoms with Crippen LogP contribution in [-0.2, 0) is 6.42 Å². The van der Waals surface area contributed by atoms with Gasteiger partial charge in [-0.05, 0) is 36.6 Å². The van der Waals surface area contributed by atoms with Crippen LogP contribution in [0.4, 0.5) is 0 Å². The highest BCUT2D eigenvalue weighted by molar-refractivity contribution is 5.99. The molecule has 3 N–H and O–H groups in total. The molecule has 2 rings (SSSR count). The molecular formula is C12H15NO3. The molecule has 4 heteroatoms. The van der Waals surface area contributed by atoms with Crippen molar-refractivity contribution in [2.45, 2.75) is 18.9 Å². The first-order chi connectivity index (χ1) is 7.72. The molecule has 4 nitrogen and oxygen atoms in total. The second-order valence-electron chi connectivity index (χ2n) is 3.89. The van der Waals surface area contributed by atoms with Crippen LogP contribution in [0, 0.1) is 0 Å². The molecule has 0 saturated heterocycles. The summed E-state index contributed by atoms with van der Waals surface area (Å²) in [6.45, 7) is 0.679. The first-order valence-corrected chi connectivity index (χ1v) is 5.40. The number of ether oxygens (including phenoxy) is 1. The number of fused-ring (bicyclic) bond motifs is 1. The molecule has 0 radical (unpaired) electrons. The molecule has 1 heterocycles. The Kier molecular flexibility index (Phi) is 3.22. The topological polar surface area (TPSA) is 72.5 Å². The number of rotatable bonds is 3. The van der Waals surface area contributed by atoms with Crippen LogP contribution in [0.25, 0.3) is 0 Å². The van der Waals surface area contributed by atoms with E-state index in [0.717, 1.165) is 30.8 Å². The second kappa shape index (κ2) is 4.63. The van der Waals surface area contributed by atoms with Gasteiger partial charge in [0.15, 0.2) is 5.78 Å². The van der Waals surface area contributed by atoms with Crippen LogP contribution in [0.3, 0.4) is 0 Å².